The average Bonchev–Trinajstić information content (AvgIpc) is 2.88. The molecule has 0 saturated carbocycles. The van der Waals surface area contributed by atoms with Crippen molar-refractivity contribution in [3.63, 3.8) is 0 Å². The van der Waals surface area contributed by atoms with Gasteiger partial charge in [0.2, 0.25) is 0 Å². The number of nitrogens with one attached hydrogen (secondary N) is 1. The molecule has 1 aliphatic heterocycles. The minimum absolute atomic E-state index is 0.103. The van der Waals surface area contributed by atoms with Gasteiger partial charge in [0.05, 0.1) is 18.4 Å². The van der Waals surface area contributed by atoms with Crippen LogP contribution in [0.25, 0.3) is 11.0 Å². The summed E-state index contributed by atoms with van der Waals surface area (Å²) < 4.78 is 3.50. The first-order valence-corrected chi connectivity index (χ1v) is 9.63. The van der Waals surface area contributed by atoms with E-state index in [1.165, 1.54) is 0 Å². The van der Waals surface area contributed by atoms with Gasteiger partial charge in [0, 0.05) is 25.2 Å². The fourth-order valence-electron chi connectivity index (χ4n) is 3.79. The Morgan fingerprint density at radius 3 is 2.71 bits per heavy atom. The number of carbonyl (C=O) groups excluding carboxylic acids is 1. The molecule has 0 spiro atoms. The molecule has 1 aliphatic rings. The van der Waals surface area contributed by atoms with Crippen LogP contribution in [0.15, 0.2) is 41.5 Å². The molecule has 0 fully saturated rings. The van der Waals surface area contributed by atoms with Crippen molar-refractivity contribution in [1.82, 2.24) is 24.3 Å². The number of amides is 1. The van der Waals surface area contributed by atoms with Crippen molar-refractivity contribution in [2.24, 2.45) is 0 Å². The van der Waals surface area contributed by atoms with E-state index in [1.54, 1.807) is 10.9 Å². The van der Waals surface area contributed by atoms with Gasteiger partial charge < -0.3 is 14.8 Å². The third kappa shape index (κ3) is 3.33. The van der Waals surface area contributed by atoms with Gasteiger partial charge in [0.1, 0.15) is 11.2 Å². The largest absolute Gasteiger partial charge is 0.351 e. The molecule has 0 unspecified atom stereocenters. The van der Waals surface area contributed by atoms with Gasteiger partial charge in [-0.3, -0.25) is 14.2 Å². The zero-order chi connectivity index (χ0) is 19.7. The van der Waals surface area contributed by atoms with Gasteiger partial charge in [-0.25, -0.2) is 4.98 Å². The van der Waals surface area contributed by atoms with E-state index in [-0.39, 0.29) is 11.5 Å². The zero-order valence-corrected chi connectivity index (χ0v) is 16.3. The molecular formula is C21H25N5O2. The number of hydrogen-bond acceptors (Lipinski definition) is 4. The molecule has 7 heteroatoms. The van der Waals surface area contributed by atoms with Gasteiger partial charge in [-0.05, 0) is 32.5 Å². The zero-order valence-electron chi connectivity index (χ0n) is 16.3. The molecule has 0 saturated heterocycles. The lowest BCUT2D eigenvalue weighted by molar-refractivity contribution is 0.0946. The maximum Gasteiger partial charge on any atom is 0.278 e. The lowest BCUT2D eigenvalue weighted by Gasteiger charge is -2.14. The maximum atomic E-state index is 13.4. The summed E-state index contributed by atoms with van der Waals surface area (Å²) in [5.74, 6) is -0.113. The van der Waals surface area contributed by atoms with Crippen LogP contribution in [0.1, 0.15) is 28.0 Å². The molecular weight excluding hydrogens is 354 g/mol. The molecule has 146 valence electrons. The first-order chi connectivity index (χ1) is 13.6. The molecule has 0 radical (unpaired) electrons. The van der Waals surface area contributed by atoms with Crippen molar-refractivity contribution in [3.8, 4) is 0 Å². The number of nitrogens with zero attached hydrogens (tertiary/aromatic N) is 4. The van der Waals surface area contributed by atoms with Crippen molar-refractivity contribution in [3.05, 3.63) is 63.8 Å². The summed E-state index contributed by atoms with van der Waals surface area (Å²) in [5, 5.41) is 2.95. The number of likely N-dealkylation sites (N-methyl/N-ethyl adjacent to an activating group) is 1. The Kier molecular flexibility index (Phi) is 5.00. The first-order valence-electron chi connectivity index (χ1n) is 9.63. The van der Waals surface area contributed by atoms with E-state index >= 15 is 0 Å². The Morgan fingerprint density at radius 2 is 1.96 bits per heavy atom. The molecule has 3 heterocycles. The second kappa shape index (κ2) is 7.59. The second-order valence-electron chi connectivity index (χ2n) is 7.50. The molecule has 0 atom stereocenters. The number of aryl methyl sites for hydroxylation is 1. The normalized spacial score (nSPS) is 14.2. The van der Waals surface area contributed by atoms with Crippen LogP contribution in [-0.2, 0) is 19.5 Å². The molecule has 1 aromatic carbocycles. The van der Waals surface area contributed by atoms with E-state index in [2.05, 4.69) is 10.3 Å². The Balaban J connectivity index is 1.89. The number of fused-ring (bicyclic) bond motifs is 3. The van der Waals surface area contributed by atoms with E-state index in [0.29, 0.717) is 36.4 Å². The highest BCUT2D eigenvalue weighted by molar-refractivity contribution is 6.00. The molecule has 0 aliphatic carbocycles. The van der Waals surface area contributed by atoms with E-state index in [4.69, 9.17) is 0 Å². The van der Waals surface area contributed by atoms with Gasteiger partial charge in [-0.2, -0.15) is 0 Å². The van der Waals surface area contributed by atoms with Crippen LogP contribution >= 0.6 is 0 Å². The average molecular weight is 379 g/mol. The van der Waals surface area contributed by atoms with Crippen LogP contribution in [0.3, 0.4) is 0 Å². The van der Waals surface area contributed by atoms with Crippen LogP contribution in [0.2, 0.25) is 0 Å². The topological polar surface area (TPSA) is 72.2 Å². The van der Waals surface area contributed by atoms with Crippen LogP contribution < -0.4 is 10.9 Å². The molecule has 3 aromatic rings. The van der Waals surface area contributed by atoms with Crippen molar-refractivity contribution in [2.75, 3.05) is 27.2 Å². The smallest absolute Gasteiger partial charge is 0.278 e. The van der Waals surface area contributed by atoms with Crippen LogP contribution in [0.5, 0.6) is 0 Å². The van der Waals surface area contributed by atoms with E-state index in [9.17, 15) is 9.59 Å². The predicted molar refractivity (Wildman–Crippen MR) is 109 cm³/mol. The van der Waals surface area contributed by atoms with Gasteiger partial charge in [-0.15, -0.1) is 0 Å². The number of rotatable bonds is 5. The Morgan fingerprint density at radius 1 is 1.18 bits per heavy atom. The van der Waals surface area contributed by atoms with Crippen LogP contribution in [0, 0.1) is 0 Å². The molecule has 0 bridgehead atoms. The Labute approximate surface area is 163 Å². The second-order valence-corrected chi connectivity index (χ2v) is 7.50. The van der Waals surface area contributed by atoms with E-state index < -0.39 is 0 Å². The summed E-state index contributed by atoms with van der Waals surface area (Å²) in [4.78, 5) is 32.8. The lowest BCUT2D eigenvalue weighted by Crippen LogP contribution is -2.29. The molecule has 1 N–H and O–H groups in total. The molecule has 7 nitrogen and oxygen atoms in total. The van der Waals surface area contributed by atoms with Crippen molar-refractivity contribution < 1.29 is 4.79 Å². The predicted octanol–water partition coefficient (Wildman–Crippen LogP) is 1.48. The molecule has 1 amide bonds. The van der Waals surface area contributed by atoms with Crippen LogP contribution in [-0.4, -0.2) is 52.1 Å². The summed E-state index contributed by atoms with van der Waals surface area (Å²) in [6.45, 7) is 2.40. The van der Waals surface area contributed by atoms with Gasteiger partial charge in [0.15, 0.2) is 0 Å². The summed E-state index contributed by atoms with van der Waals surface area (Å²) in [5.41, 5.74) is 3.62. The monoisotopic (exact) mass is 379 g/mol. The minimum atomic E-state index is -0.113. The third-order valence-electron chi connectivity index (χ3n) is 5.20. The first kappa shape index (κ1) is 18.4. The van der Waals surface area contributed by atoms with Crippen molar-refractivity contribution in [1.29, 1.82) is 0 Å². The minimum Gasteiger partial charge on any atom is -0.351 e. The Bertz CT molecular complexity index is 1070. The molecule has 28 heavy (non-hydrogen) atoms. The van der Waals surface area contributed by atoms with E-state index in [0.717, 1.165) is 30.5 Å². The molecule has 2 aromatic heterocycles. The van der Waals surface area contributed by atoms with Crippen LogP contribution in [0.4, 0.5) is 0 Å². The summed E-state index contributed by atoms with van der Waals surface area (Å²) in [6.07, 6.45) is 3.20. The third-order valence-corrected chi connectivity index (χ3v) is 5.20. The summed E-state index contributed by atoms with van der Waals surface area (Å²) >= 11 is 0. The lowest BCUT2D eigenvalue weighted by atomic mass is 10.1. The maximum absolute atomic E-state index is 13.4. The number of carbonyl (C=O) groups is 1. The highest BCUT2D eigenvalue weighted by Gasteiger charge is 2.27. The SMILES string of the molecule is CN(C)CCn1c2c(c3ncn(Cc4ccccc4)c(=O)c31)CCCNC2=O. The highest BCUT2D eigenvalue weighted by atomic mass is 16.2. The van der Waals surface area contributed by atoms with Gasteiger partial charge >= 0.3 is 0 Å². The number of benzene rings is 1. The highest BCUT2D eigenvalue weighted by Crippen LogP contribution is 2.25. The fraction of sp³-hybridized carbons (Fsp3) is 0.381. The fourth-order valence-corrected chi connectivity index (χ4v) is 3.79. The summed E-state index contributed by atoms with van der Waals surface area (Å²) in [6, 6.07) is 9.85. The summed E-state index contributed by atoms with van der Waals surface area (Å²) in [7, 11) is 3.97. The number of aromatic nitrogens is 3. The van der Waals surface area contributed by atoms with Gasteiger partial charge in [0.25, 0.3) is 11.5 Å². The quantitative estimate of drug-likeness (QED) is 0.729. The number of hydrogen-bond donors (Lipinski definition) is 1. The molecule has 4 rings (SSSR count). The van der Waals surface area contributed by atoms with Crippen molar-refractivity contribution in [2.45, 2.75) is 25.9 Å². The standard InChI is InChI=1S/C21H25N5O2/c1-24(2)11-12-26-18-16(9-6-10-22-20(18)27)17-19(26)21(28)25(14-23-17)13-15-7-4-3-5-8-15/h3-5,7-8,14H,6,9-13H2,1-2H3,(H,22,27). The van der Waals surface area contributed by atoms with Crippen molar-refractivity contribution >= 4 is 16.9 Å². The van der Waals surface area contributed by atoms with E-state index in [1.807, 2.05) is 53.9 Å². The Hall–Kier alpha value is -2.93. The van der Waals surface area contributed by atoms with Gasteiger partial charge in [-0.1, -0.05) is 30.3 Å².